The van der Waals surface area contributed by atoms with Gasteiger partial charge in [-0.2, -0.15) is 0 Å². The highest BCUT2D eigenvalue weighted by atomic mass is 32.1. The van der Waals surface area contributed by atoms with Crippen LogP contribution in [0.2, 0.25) is 0 Å². The Hall–Kier alpha value is -1.98. The maximum absolute atomic E-state index is 12.4. The zero-order chi connectivity index (χ0) is 17.6. The van der Waals surface area contributed by atoms with Crippen LogP contribution in [0.25, 0.3) is 10.1 Å². The molecule has 0 spiro atoms. The van der Waals surface area contributed by atoms with E-state index in [1.165, 1.54) is 15.0 Å². The van der Waals surface area contributed by atoms with E-state index in [4.69, 9.17) is 4.98 Å². The fourth-order valence-electron chi connectivity index (χ4n) is 3.32. The first kappa shape index (κ1) is 16.5. The molecular formula is C20H23N3OS. The van der Waals surface area contributed by atoms with Crippen molar-refractivity contribution in [1.29, 1.82) is 0 Å². The van der Waals surface area contributed by atoms with Gasteiger partial charge in [-0.05, 0) is 23.9 Å². The van der Waals surface area contributed by atoms with Crippen LogP contribution in [0.5, 0.6) is 0 Å². The largest absolute Gasteiger partial charge is 0.310 e. The van der Waals surface area contributed by atoms with Crippen molar-refractivity contribution in [1.82, 2.24) is 14.9 Å². The Bertz CT molecular complexity index is 948. The monoisotopic (exact) mass is 353 g/mol. The number of hydrogen-bond donors (Lipinski definition) is 1. The zero-order valence-electron chi connectivity index (χ0n) is 14.9. The molecule has 0 fully saturated rings. The standard InChI is InChI=1S/C20H23N3OS/c1-20(2,3)19-21-16-12-23(9-8-15(16)18(24)22-19)11-14-10-13-6-4-5-7-17(13)25-14/h4-7,10H,8-9,11-12H2,1-3H3,(H,21,22,24). The van der Waals surface area contributed by atoms with Crippen LogP contribution in [0.15, 0.2) is 35.1 Å². The number of nitrogens with zero attached hydrogens (tertiary/aromatic N) is 2. The van der Waals surface area contributed by atoms with Crippen molar-refractivity contribution in [3.05, 3.63) is 62.6 Å². The molecule has 0 aliphatic carbocycles. The lowest BCUT2D eigenvalue weighted by molar-refractivity contribution is 0.241. The molecule has 0 saturated heterocycles. The van der Waals surface area contributed by atoms with Crippen LogP contribution in [0.1, 0.15) is 42.7 Å². The number of fused-ring (bicyclic) bond motifs is 2. The third-order valence-corrected chi connectivity index (χ3v) is 5.82. The summed E-state index contributed by atoms with van der Waals surface area (Å²) in [5.74, 6) is 0.778. The van der Waals surface area contributed by atoms with Crippen LogP contribution in [0.4, 0.5) is 0 Å². The Labute approximate surface area is 151 Å². The molecule has 0 amide bonds. The van der Waals surface area contributed by atoms with Crippen LogP contribution in [-0.2, 0) is 24.9 Å². The molecule has 0 bridgehead atoms. The van der Waals surface area contributed by atoms with Gasteiger partial charge >= 0.3 is 0 Å². The predicted molar refractivity (Wildman–Crippen MR) is 103 cm³/mol. The van der Waals surface area contributed by atoms with Gasteiger partial charge in [0.15, 0.2) is 0 Å². The summed E-state index contributed by atoms with van der Waals surface area (Å²) in [5, 5.41) is 1.31. The van der Waals surface area contributed by atoms with Crippen LogP contribution in [0.3, 0.4) is 0 Å². The number of aromatic amines is 1. The van der Waals surface area contributed by atoms with Gasteiger partial charge in [-0.3, -0.25) is 9.69 Å². The number of rotatable bonds is 2. The van der Waals surface area contributed by atoms with E-state index in [0.29, 0.717) is 0 Å². The number of aromatic nitrogens is 2. The van der Waals surface area contributed by atoms with Crippen molar-refractivity contribution in [3.8, 4) is 0 Å². The van der Waals surface area contributed by atoms with Gasteiger partial charge in [0, 0.05) is 40.2 Å². The summed E-state index contributed by atoms with van der Waals surface area (Å²) < 4.78 is 1.33. The molecule has 0 radical (unpaired) electrons. The van der Waals surface area contributed by atoms with Gasteiger partial charge in [-0.15, -0.1) is 11.3 Å². The van der Waals surface area contributed by atoms with Crippen LogP contribution in [-0.4, -0.2) is 21.4 Å². The van der Waals surface area contributed by atoms with Gasteiger partial charge in [0.1, 0.15) is 5.82 Å². The summed E-state index contributed by atoms with van der Waals surface area (Å²) in [6, 6.07) is 10.8. The molecule has 1 N–H and O–H groups in total. The third-order valence-electron chi connectivity index (χ3n) is 4.72. The Kier molecular flexibility index (Phi) is 4.01. The van der Waals surface area contributed by atoms with Crippen molar-refractivity contribution >= 4 is 21.4 Å². The summed E-state index contributed by atoms with van der Waals surface area (Å²) in [6.07, 6.45) is 0.771. The van der Waals surface area contributed by atoms with E-state index >= 15 is 0 Å². The maximum atomic E-state index is 12.4. The van der Waals surface area contributed by atoms with Crippen LogP contribution in [0, 0.1) is 0 Å². The first-order valence-corrected chi connectivity index (χ1v) is 9.54. The predicted octanol–water partition coefficient (Wildman–Crippen LogP) is 3.84. The molecule has 3 heterocycles. The van der Waals surface area contributed by atoms with Crippen molar-refractivity contribution in [2.45, 2.75) is 45.7 Å². The summed E-state index contributed by atoms with van der Waals surface area (Å²) in [4.78, 5) is 23.9. The number of hydrogen-bond acceptors (Lipinski definition) is 4. The lowest BCUT2D eigenvalue weighted by atomic mass is 9.95. The number of nitrogens with one attached hydrogen (secondary N) is 1. The molecule has 3 aromatic rings. The first-order chi connectivity index (χ1) is 11.9. The second-order valence-electron chi connectivity index (χ2n) is 7.80. The van der Waals surface area contributed by atoms with E-state index in [2.05, 4.69) is 61.0 Å². The molecule has 1 aromatic carbocycles. The lowest BCUT2D eigenvalue weighted by Gasteiger charge is -2.28. The van der Waals surface area contributed by atoms with Gasteiger partial charge in [0.2, 0.25) is 0 Å². The lowest BCUT2D eigenvalue weighted by Crippen LogP contribution is -2.36. The van der Waals surface area contributed by atoms with Gasteiger partial charge in [-0.1, -0.05) is 39.0 Å². The summed E-state index contributed by atoms with van der Waals surface area (Å²) in [6.45, 7) is 8.80. The topological polar surface area (TPSA) is 49.0 Å². The molecule has 0 unspecified atom stereocenters. The highest BCUT2D eigenvalue weighted by Gasteiger charge is 2.25. The molecule has 2 aromatic heterocycles. The zero-order valence-corrected chi connectivity index (χ0v) is 15.7. The van der Waals surface area contributed by atoms with E-state index in [-0.39, 0.29) is 11.0 Å². The van der Waals surface area contributed by atoms with Gasteiger partial charge in [-0.25, -0.2) is 4.98 Å². The minimum atomic E-state index is -0.151. The molecule has 5 heteroatoms. The van der Waals surface area contributed by atoms with Gasteiger partial charge in [0.05, 0.1) is 5.69 Å². The Morgan fingerprint density at radius 1 is 1.28 bits per heavy atom. The van der Waals surface area contributed by atoms with Crippen molar-refractivity contribution < 1.29 is 0 Å². The average molecular weight is 353 g/mol. The molecule has 1 aliphatic heterocycles. The minimum Gasteiger partial charge on any atom is -0.310 e. The van der Waals surface area contributed by atoms with E-state index < -0.39 is 0 Å². The molecular weight excluding hydrogens is 330 g/mol. The molecule has 4 rings (SSSR count). The highest BCUT2D eigenvalue weighted by Crippen LogP contribution is 2.28. The van der Waals surface area contributed by atoms with Gasteiger partial charge in [0.25, 0.3) is 5.56 Å². The van der Waals surface area contributed by atoms with E-state index in [0.717, 1.165) is 43.1 Å². The maximum Gasteiger partial charge on any atom is 0.254 e. The van der Waals surface area contributed by atoms with E-state index in [1.807, 2.05) is 11.3 Å². The third kappa shape index (κ3) is 3.26. The molecule has 0 saturated carbocycles. The Morgan fingerprint density at radius 2 is 2.08 bits per heavy atom. The summed E-state index contributed by atoms with van der Waals surface area (Å²) in [7, 11) is 0. The number of thiophene rings is 1. The number of H-pyrrole nitrogens is 1. The fraction of sp³-hybridized carbons (Fsp3) is 0.400. The van der Waals surface area contributed by atoms with Crippen molar-refractivity contribution in [3.63, 3.8) is 0 Å². The van der Waals surface area contributed by atoms with E-state index in [9.17, 15) is 4.79 Å². The smallest absolute Gasteiger partial charge is 0.254 e. The second-order valence-corrected chi connectivity index (χ2v) is 8.97. The fourth-order valence-corrected chi connectivity index (χ4v) is 4.43. The molecule has 1 aliphatic rings. The average Bonchev–Trinajstić information content (AvgIpc) is 2.95. The molecule has 25 heavy (non-hydrogen) atoms. The minimum absolute atomic E-state index is 0.0384. The quantitative estimate of drug-likeness (QED) is 0.761. The second kappa shape index (κ2) is 6.07. The summed E-state index contributed by atoms with van der Waals surface area (Å²) in [5.41, 5.74) is 1.69. The first-order valence-electron chi connectivity index (χ1n) is 8.72. The van der Waals surface area contributed by atoms with Crippen molar-refractivity contribution in [2.75, 3.05) is 6.54 Å². The van der Waals surface area contributed by atoms with Gasteiger partial charge < -0.3 is 4.98 Å². The molecule has 4 nitrogen and oxygen atoms in total. The number of benzene rings is 1. The molecule has 0 atom stereocenters. The van der Waals surface area contributed by atoms with Crippen LogP contribution >= 0.6 is 11.3 Å². The Balaban J connectivity index is 1.59. The van der Waals surface area contributed by atoms with Crippen LogP contribution < -0.4 is 5.56 Å². The molecule has 130 valence electrons. The van der Waals surface area contributed by atoms with E-state index in [1.54, 1.807) is 0 Å². The normalized spacial score (nSPS) is 15.5. The Morgan fingerprint density at radius 3 is 2.84 bits per heavy atom. The SMILES string of the molecule is CC(C)(C)c1nc2c(c(=O)[nH]1)CCN(Cc1cc3ccccc3s1)C2. The van der Waals surface area contributed by atoms with Crippen molar-refractivity contribution in [2.24, 2.45) is 0 Å². The highest BCUT2D eigenvalue weighted by molar-refractivity contribution is 7.19. The summed E-state index contributed by atoms with van der Waals surface area (Å²) >= 11 is 1.85.